The molecule has 3 atom stereocenters. The van der Waals surface area contributed by atoms with Crippen LogP contribution in [-0.4, -0.2) is 77.9 Å². The Hall–Kier alpha value is -2.25. The van der Waals surface area contributed by atoms with Crippen molar-refractivity contribution in [2.24, 2.45) is 5.92 Å². The molecule has 7 nitrogen and oxygen atoms in total. The first-order chi connectivity index (χ1) is 16.2. The average Bonchev–Trinajstić information content (AvgIpc) is 3.41. The van der Waals surface area contributed by atoms with E-state index in [1.54, 1.807) is 4.90 Å². The van der Waals surface area contributed by atoms with Crippen molar-refractivity contribution < 1.29 is 19.1 Å². The van der Waals surface area contributed by atoms with Gasteiger partial charge in [-0.2, -0.15) is 0 Å². The van der Waals surface area contributed by atoms with Crippen molar-refractivity contribution >= 4 is 17.6 Å². The molecule has 3 fully saturated rings. The lowest BCUT2D eigenvalue weighted by Crippen LogP contribution is -2.52. The van der Waals surface area contributed by atoms with Crippen LogP contribution in [0.4, 0.5) is 0 Å². The Labute approximate surface area is 203 Å². The number of ether oxygens (including phenoxy) is 1. The van der Waals surface area contributed by atoms with Gasteiger partial charge in [0.1, 0.15) is 18.7 Å². The summed E-state index contributed by atoms with van der Waals surface area (Å²) in [6.07, 6.45) is 3.26. The summed E-state index contributed by atoms with van der Waals surface area (Å²) in [5.74, 6) is 0.283. The lowest BCUT2D eigenvalue weighted by Gasteiger charge is -2.34. The first-order valence-corrected chi connectivity index (χ1v) is 12.8. The van der Waals surface area contributed by atoms with E-state index in [4.69, 9.17) is 4.74 Å². The second kappa shape index (κ2) is 10.6. The molecule has 3 heterocycles. The number of Topliss-reactive ketones (excluding diaryl/α,β-unsaturated/α-hetero) is 1. The van der Waals surface area contributed by atoms with Gasteiger partial charge in [0.25, 0.3) is 5.91 Å². The van der Waals surface area contributed by atoms with E-state index in [1.807, 2.05) is 26.0 Å². The van der Waals surface area contributed by atoms with Crippen LogP contribution in [0.5, 0.6) is 0 Å². The minimum atomic E-state index is -0.653. The Morgan fingerprint density at radius 3 is 2.32 bits per heavy atom. The van der Waals surface area contributed by atoms with Crippen molar-refractivity contribution in [3.05, 3.63) is 35.4 Å². The first-order valence-electron chi connectivity index (χ1n) is 12.8. The van der Waals surface area contributed by atoms with Crippen molar-refractivity contribution in [3.8, 4) is 0 Å². The van der Waals surface area contributed by atoms with Crippen molar-refractivity contribution in [2.75, 3.05) is 26.2 Å². The quantitative estimate of drug-likeness (QED) is 0.664. The highest BCUT2D eigenvalue weighted by atomic mass is 16.5. The molecule has 3 aliphatic rings. The number of amides is 2. The van der Waals surface area contributed by atoms with E-state index in [1.165, 1.54) is 5.56 Å². The average molecular weight is 470 g/mol. The van der Waals surface area contributed by atoms with Crippen LogP contribution >= 0.6 is 0 Å². The van der Waals surface area contributed by atoms with Crippen LogP contribution in [0.2, 0.25) is 0 Å². The zero-order chi connectivity index (χ0) is 24.4. The second-order valence-corrected chi connectivity index (χ2v) is 10.8. The standard InChI is InChI=1S/C27H39N3O4/c1-17(2)15-22(27(33)30-14-11-24-25(30)23(31)16-34-24)28-26(32)21-7-5-19(6-8-21)20-9-12-29(13-10-20)18(3)4/h5-8,17-18,20,22,24-25H,9-16H2,1-4H3,(H,28,32)/t22?,24-,25-/m1/s1. The molecule has 0 radical (unpaired) electrons. The van der Waals surface area contributed by atoms with E-state index in [0.717, 1.165) is 25.9 Å². The summed E-state index contributed by atoms with van der Waals surface area (Å²) in [4.78, 5) is 42.8. The van der Waals surface area contributed by atoms with Crippen molar-refractivity contribution in [1.29, 1.82) is 0 Å². The van der Waals surface area contributed by atoms with Crippen LogP contribution in [0.3, 0.4) is 0 Å². The molecule has 1 aromatic carbocycles. The molecule has 0 bridgehead atoms. The summed E-state index contributed by atoms with van der Waals surface area (Å²) in [5.41, 5.74) is 1.84. The van der Waals surface area contributed by atoms with Gasteiger partial charge in [-0.15, -0.1) is 0 Å². The van der Waals surface area contributed by atoms with Gasteiger partial charge in [0.05, 0.1) is 6.10 Å². The van der Waals surface area contributed by atoms with Gasteiger partial charge in [0.2, 0.25) is 5.91 Å². The summed E-state index contributed by atoms with van der Waals surface area (Å²) in [6, 6.07) is 7.29. The topological polar surface area (TPSA) is 79.0 Å². The maximum absolute atomic E-state index is 13.4. The molecular formula is C27H39N3O4. The van der Waals surface area contributed by atoms with Crippen LogP contribution in [0, 0.1) is 5.92 Å². The van der Waals surface area contributed by atoms with Crippen LogP contribution in [0.25, 0.3) is 0 Å². The molecule has 0 spiro atoms. The van der Waals surface area contributed by atoms with E-state index < -0.39 is 12.1 Å². The molecule has 3 aliphatic heterocycles. The number of rotatable bonds is 7. The molecule has 34 heavy (non-hydrogen) atoms. The van der Waals surface area contributed by atoms with Gasteiger partial charge < -0.3 is 19.9 Å². The predicted molar refractivity (Wildman–Crippen MR) is 131 cm³/mol. The van der Waals surface area contributed by atoms with E-state index >= 15 is 0 Å². The number of fused-ring (bicyclic) bond motifs is 1. The minimum absolute atomic E-state index is 0.0414. The van der Waals surface area contributed by atoms with E-state index in [0.29, 0.717) is 36.9 Å². The van der Waals surface area contributed by atoms with Crippen LogP contribution in [-0.2, 0) is 14.3 Å². The number of ketones is 1. The third kappa shape index (κ3) is 5.36. The van der Waals surface area contributed by atoms with Gasteiger partial charge in [-0.3, -0.25) is 14.4 Å². The number of nitrogens with zero attached hydrogens (tertiary/aromatic N) is 2. The van der Waals surface area contributed by atoms with Crippen LogP contribution in [0.1, 0.15) is 75.2 Å². The number of piperidine rings is 1. The molecule has 0 aromatic heterocycles. The van der Waals surface area contributed by atoms with Gasteiger partial charge in [-0.25, -0.2) is 0 Å². The number of likely N-dealkylation sites (tertiary alicyclic amines) is 2. The highest BCUT2D eigenvalue weighted by Gasteiger charge is 2.48. The Morgan fingerprint density at radius 2 is 1.71 bits per heavy atom. The lowest BCUT2D eigenvalue weighted by atomic mass is 9.88. The molecular weight excluding hydrogens is 430 g/mol. The van der Waals surface area contributed by atoms with Crippen molar-refractivity contribution in [1.82, 2.24) is 15.1 Å². The highest BCUT2D eigenvalue weighted by molar-refractivity contribution is 5.99. The Morgan fingerprint density at radius 1 is 1.03 bits per heavy atom. The zero-order valence-electron chi connectivity index (χ0n) is 21.0. The molecule has 7 heteroatoms. The molecule has 1 aromatic rings. The Kier molecular flexibility index (Phi) is 7.73. The van der Waals surface area contributed by atoms with Gasteiger partial charge in [-0.05, 0) is 82.2 Å². The number of hydrogen-bond donors (Lipinski definition) is 1. The van der Waals surface area contributed by atoms with Gasteiger partial charge in [-0.1, -0.05) is 26.0 Å². The van der Waals surface area contributed by atoms with E-state index in [-0.39, 0.29) is 36.2 Å². The molecule has 4 rings (SSSR count). The number of nitrogens with one attached hydrogen (secondary N) is 1. The maximum atomic E-state index is 13.4. The number of carbonyl (C=O) groups excluding carboxylic acids is 3. The fourth-order valence-electron chi connectivity index (χ4n) is 5.63. The smallest absolute Gasteiger partial charge is 0.251 e. The normalized spacial score (nSPS) is 24.6. The number of hydrogen-bond acceptors (Lipinski definition) is 5. The summed E-state index contributed by atoms with van der Waals surface area (Å²) in [5, 5.41) is 2.96. The van der Waals surface area contributed by atoms with Crippen LogP contribution < -0.4 is 5.32 Å². The van der Waals surface area contributed by atoms with Crippen molar-refractivity contribution in [3.63, 3.8) is 0 Å². The van der Waals surface area contributed by atoms with Gasteiger partial charge in [0.15, 0.2) is 5.78 Å². The molecule has 1 N–H and O–H groups in total. The first kappa shape index (κ1) is 24.9. The SMILES string of the molecule is CC(C)CC(NC(=O)c1ccc(C2CCN(C(C)C)CC2)cc1)C(=O)N1CC[C@H]2OCC(=O)[C@H]21. The van der Waals surface area contributed by atoms with Gasteiger partial charge >= 0.3 is 0 Å². The van der Waals surface area contributed by atoms with E-state index in [2.05, 4.69) is 36.2 Å². The summed E-state index contributed by atoms with van der Waals surface area (Å²) in [7, 11) is 0. The lowest BCUT2D eigenvalue weighted by molar-refractivity contribution is -0.138. The molecule has 2 amide bonds. The molecule has 0 aliphatic carbocycles. The molecule has 186 valence electrons. The predicted octanol–water partition coefficient (Wildman–Crippen LogP) is 2.99. The molecule has 1 unspecified atom stereocenters. The summed E-state index contributed by atoms with van der Waals surface area (Å²) >= 11 is 0. The van der Waals surface area contributed by atoms with Gasteiger partial charge in [0, 0.05) is 18.2 Å². The van der Waals surface area contributed by atoms with Crippen molar-refractivity contribution in [2.45, 2.75) is 83.5 Å². The Balaban J connectivity index is 1.40. The second-order valence-electron chi connectivity index (χ2n) is 10.8. The van der Waals surface area contributed by atoms with E-state index in [9.17, 15) is 14.4 Å². The highest BCUT2D eigenvalue weighted by Crippen LogP contribution is 2.30. The third-order valence-electron chi connectivity index (χ3n) is 7.61. The Bertz CT molecular complexity index is 890. The summed E-state index contributed by atoms with van der Waals surface area (Å²) < 4.78 is 5.53. The molecule has 0 saturated carbocycles. The largest absolute Gasteiger partial charge is 0.368 e. The monoisotopic (exact) mass is 469 g/mol. The summed E-state index contributed by atoms with van der Waals surface area (Å²) in [6.45, 7) is 11.3. The third-order valence-corrected chi connectivity index (χ3v) is 7.61. The maximum Gasteiger partial charge on any atom is 0.251 e. The fraction of sp³-hybridized carbons (Fsp3) is 0.667. The minimum Gasteiger partial charge on any atom is -0.368 e. The number of carbonyl (C=O) groups is 3. The molecule has 3 saturated heterocycles. The van der Waals surface area contributed by atoms with Crippen LogP contribution in [0.15, 0.2) is 24.3 Å². The fourth-order valence-corrected chi connectivity index (χ4v) is 5.63. The zero-order valence-corrected chi connectivity index (χ0v) is 21.0. The number of benzene rings is 1.